The average molecular weight is 223 g/mol. The molecule has 0 spiro atoms. The molecule has 1 atom stereocenters. The molecule has 0 heterocycles. The van der Waals surface area contributed by atoms with Gasteiger partial charge in [-0.2, -0.15) is 0 Å². The molecular formula is C13H21NO2. The van der Waals surface area contributed by atoms with E-state index in [2.05, 4.69) is 19.2 Å². The predicted octanol–water partition coefficient (Wildman–Crippen LogP) is 2.08. The molecule has 0 aromatic heterocycles. The van der Waals surface area contributed by atoms with E-state index in [1.165, 1.54) is 0 Å². The van der Waals surface area contributed by atoms with Crippen LogP contribution < -0.4 is 10.1 Å². The largest absolute Gasteiger partial charge is 0.491 e. The Hall–Kier alpha value is -1.06. The van der Waals surface area contributed by atoms with E-state index in [1.54, 1.807) is 0 Å². The fourth-order valence-corrected chi connectivity index (χ4v) is 1.33. The molecule has 1 rings (SSSR count). The Morgan fingerprint density at radius 2 is 1.94 bits per heavy atom. The molecule has 0 saturated carbocycles. The summed E-state index contributed by atoms with van der Waals surface area (Å²) in [5.74, 6) is 0.894. The van der Waals surface area contributed by atoms with Gasteiger partial charge >= 0.3 is 0 Å². The van der Waals surface area contributed by atoms with E-state index in [1.807, 2.05) is 30.3 Å². The summed E-state index contributed by atoms with van der Waals surface area (Å²) in [6, 6.07) is 9.79. The van der Waals surface area contributed by atoms with E-state index < -0.39 is 0 Å². The molecule has 0 amide bonds. The van der Waals surface area contributed by atoms with Crippen molar-refractivity contribution in [2.24, 2.45) is 0 Å². The maximum absolute atomic E-state index is 5.58. The van der Waals surface area contributed by atoms with Crippen LogP contribution in [-0.4, -0.2) is 32.4 Å². The Labute approximate surface area is 97.8 Å². The zero-order chi connectivity index (χ0) is 11.6. The number of hydrogen-bond donors (Lipinski definition) is 1. The lowest BCUT2D eigenvalue weighted by Crippen LogP contribution is -2.27. The quantitative estimate of drug-likeness (QED) is 0.684. The number of ether oxygens (including phenoxy) is 2. The van der Waals surface area contributed by atoms with Crippen LogP contribution in [0.25, 0.3) is 0 Å². The SMILES string of the molecule is CCNCC(C)OCCOc1ccccc1. The normalized spacial score (nSPS) is 12.4. The molecule has 0 bridgehead atoms. The van der Waals surface area contributed by atoms with E-state index in [0.29, 0.717) is 13.2 Å². The molecule has 0 aliphatic heterocycles. The first-order valence-electron chi connectivity index (χ1n) is 5.83. The first-order valence-corrected chi connectivity index (χ1v) is 5.83. The van der Waals surface area contributed by atoms with Crippen molar-refractivity contribution in [3.63, 3.8) is 0 Å². The van der Waals surface area contributed by atoms with Gasteiger partial charge in [-0.3, -0.25) is 0 Å². The minimum Gasteiger partial charge on any atom is -0.491 e. The summed E-state index contributed by atoms with van der Waals surface area (Å²) in [7, 11) is 0. The summed E-state index contributed by atoms with van der Waals surface area (Å²) in [5, 5.41) is 3.24. The Kier molecular flexibility index (Phi) is 6.61. The molecule has 1 aromatic rings. The topological polar surface area (TPSA) is 30.5 Å². The Morgan fingerprint density at radius 3 is 2.62 bits per heavy atom. The number of likely N-dealkylation sites (N-methyl/N-ethyl adjacent to an activating group) is 1. The summed E-state index contributed by atoms with van der Waals surface area (Å²) in [6.07, 6.45) is 0.235. The fourth-order valence-electron chi connectivity index (χ4n) is 1.33. The van der Waals surface area contributed by atoms with Crippen molar-refractivity contribution in [1.82, 2.24) is 5.32 Å². The van der Waals surface area contributed by atoms with Crippen LogP contribution in [0.15, 0.2) is 30.3 Å². The fraction of sp³-hybridized carbons (Fsp3) is 0.538. The molecule has 0 aliphatic rings. The molecular weight excluding hydrogens is 202 g/mol. The van der Waals surface area contributed by atoms with Gasteiger partial charge in [0.05, 0.1) is 12.7 Å². The minimum absolute atomic E-state index is 0.235. The third-order valence-corrected chi connectivity index (χ3v) is 2.18. The predicted molar refractivity (Wildman–Crippen MR) is 65.9 cm³/mol. The standard InChI is InChI=1S/C13H21NO2/c1-3-14-11-12(2)15-9-10-16-13-7-5-4-6-8-13/h4-8,12,14H,3,9-11H2,1-2H3. The molecule has 90 valence electrons. The molecule has 16 heavy (non-hydrogen) atoms. The lowest BCUT2D eigenvalue weighted by atomic mass is 10.3. The zero-order valence-corrected chi connectivity index (χ0v) is 10.1. The van der Waals surface area contributed by atoms with Gasteiger partial charge in [-0.05, 0) is 25.6 Å². The van der Waals surface area contributed by atoms with Crippen LogP contribution in [0.3, 0.4) is 0 Å². The minimum atomic E-state index is 0.235. The summed E-state index contributed by atoms with van der Waals surface area (Å²) < 4.78 is 11.1. The van der Waals surface area contributed by atoms with Crippen LogP contribution in [-0.2, 0) is 4.74 Å². The second-order valence-electron chi connectivity index (χ2n) is 3.65. The van der Waals surface area contributed by atoms with Gasteiger partial charge in [0.15, 0.2) is 0 Å². The summed E-state index contributed by atoms with van der Waals surface area (Å²) >= 11 is 0. The van der Waals surface area contributed by atoms with Crippen molar-refractivity contribution >= 4 is 0 Å². The number of para-hydroxylation sites is 1. The number of nitrogens with one attached hydrogen (secondary N) is 1. The third-order valence-electron chi connectivity index (χ3n) is 2.18. The van der Waals surface area contributed by atoms with Crippen molar-refractivity contribution in [2.75, 3.05) is 26.3 Å². The Balaban J connectivity index is 2.03. The second-order valence-corrected chi connectivity index (χ2v) is 3.65. The van der Waals surface area contributed by atoms with Crippen molar-refractivity contribution in [3.8, 4) is 5.75 Å². The molecule has 3 nitrogen and oxygen atoms in total. The van der Waals surface area contributed by atoms with Crippen molar-refractivity contribution in [3.05, 3.63) is 30.3 Å². The van der Waals surface area contributed by atoms with Gasteiger partial charge in [-0.25, -0.2) is 0 Å². The monoisotopic (exact) mass is 223 g/mol. The molecule has 0 radical (unpaired) electrons. The summed E-state index contributed by atoms with van der Waals surface area (Å²) in [6.45, 7) is 7.24. The molecule has 3 heteroatoms. The van der Waals surface area contributed by atoms with Gasteiger partial charge in [0.2, 0.25) is 0 Å². The smallest absolute Gasteiger partial charge is 0.119 e. The summed E-state index contributed by atoms with van der Waals surface area (Å²) in [5.41, 5.74) is 0. The van der Waals surface area contributed by atoms with E-state index in [-0.39, 0.29) is 6.10 Å². The van der Waals surface area contributed by atoms with E-state index >= 15 is 0 Å². The van der Waals surface area contributed by atoms with Gasteiger partial charge in [0.1, 0.15) is 12.4 Å². The van der Waals surface area contributed by atoms with Crippen LogP contribution in [0.4, 0.5) is 0 Å². The van der Waals surface area contributed by atoms with Gasteiger partial charge < -0.3 is 14.8 Å². The van der Waals surface area contributed by atoms with E-state index in [9.17, 15) is 0 Å². The van der Waals surface area contributed by atoms with Crippen molar-refractivity contribution < 1.29 is 9.47 Å². The van der Waals surface area contributed by atoms with E-state index in [0.717, 1.165) is 18.8 Å². The first-order chi connectivity index (χ1) is 7.83. The van der Waals surface area contributed by atoms with Gasteiger partial charge in [-0.1, -0.05) is 25.1 Å². The molecule has 0 fully saturated rings. The number of benzene rings is 1. The lowest BCUT2D eigenvalue weighted by molar-refractivity contribution is 0.0451. The highest BCUT2D eigenvalue weighted by Crippen LogP contribution is 2.07. The van der Waals surface area contributed by atoms with Crippen LogP contribution in [0, 0.1) is 0 Å². The van der Waals surface area contributed by atoms with Crippen molar-refractivity contribution in [2.45, 2.75) is 20.0 Å². The van der Waals surface area contributed by atoms with Crippen LogP contribution >= 0.6 is 0 Å². The lowest BCUT2D eigenvalue weighted by Gasteiger charge is -2.13. The van der Waals surface area contributed by atoms with Gasteiger partial charge in [0.25, 0.3) is 0 Å². The third kappa shape index (κ3) is 5.73. The maximum atomic E-state index is 5.58. The number of hydrogen-bond acceptors (Lipinski definition) is 3. The van der Waals surface area contributed by atoms with Crippen LogP contribution in [0.2, 0.25) is 0 Å². The molecule has 1 aromatic carbocycles. The zero-order valence-electron chi connectivity index (χ0n) is 10.1. The highest BCUT2D eigenvalue weighted by Gasteiger charge is 2.00. The Bertz CT molecular complexity index is 264. The second kappa shape index (κ2) is 8.13. The Morgan fingerprint density at radius 1 is 1.19 bits per heavy atom. The van der Waals surface area contributed by atoms with E-state index in [4.69, 9.17) is 9.47 Å². The van der Waals surface area contributed by atoms with Crippen LogP contribution in [0.5, 0.6) is 5.75 Å². The molecule has 1 N–H and O–H groups in total. The summed E-state index contributed by atoms with van der Waals surface area (Å²) in [4.78, 5) is 0. The highest BCUT2D eigenvalue weighted by atomic mass is 16.5. The van der Waals surface area contributed by atoms with Gasteiger partial charge in [-0.15, -0.1) is 0 Å². The maximum Gasteiger partial charge on any atom is 0.119 e. The molecule has 0 aliphatic carbocycles. The number of rotatable bonds is 8. The van der Waals surface area contributed by atoms with Gasteiger partial charge in [0, 0.05) is 6.54 Å². The molecule has 1 unspecified atom stereocenters. The average Bonchev–Trinajstić information content (AvgIpc) is 2.33. The van der Waals surface area contributed by atoms with Crippen molar-refractivity contribution in [1.29, 1.82) is 0 Å². The van der Waals surface area contributed by atoms with Crippen LogP contribution in [0.1, 0.15) is 13.8 Å². The molecule has 0 saturated heterocycles. The first kappa shape index (κ1) is 13.0. The highest BCUT2D eigenvalue weighted by molar-refractivity contribution is 5.20.